The SMILES string of the molecule is COc1ccc(OCCNCCC(=O)Nc2cc(C)ccc2C)cc1. The Kier molecular flexibility index (Phi) is 7.29. The first-order valence-corrected chi connectivity index (χ1v) is 8.43. The van der Waals surface area contributed by atoms with E-state index < -0.39 is 0 Å². The van der Waals surface area contributed by atoms with Crippen LogP contribution in [0.1, 0.15) is 17.5 Å². The number of methoxy groups -OCH3 is 1. The molecule has 0 atom stereocenters. The van der Waals surface area contributed by atoms with Gasteiger partial charge in [0.05, 0.1) is 7.11 Å². The first-order valence-electron chi connectivity index (χ1n) is 8.43. The van der Waals surface area contributed by atoms with Gasteiger partial charge >= 0.3 is 0 Å². The number of hydrogen-bond acceptors (Lipinski definition) is 4. The fraction of sp³-hybridized carbons (Fsp3) is 0.350. The zero-order chi connectivity index (χ0) is 18.1. The second-order valence-electron chi connectivity index (χ2n) is 5.89. The first kappa shape index (κ1) is 18.8. The Hall–Kier alpha value is -2.53. The lowest BCUT2D eigenvalue weighted by Crippen LogP contribution is -2.25. The number of nitrogens with one attached hydrogen (secondary N) is 2. The predicted octanol–water partition coefficient (Wildman–Crippen LogP) is 3.31. The topological polar surface area (TPSA) is 59.6 Å². The van der Waals surface area contributed by atoms with Crippen LogP contribution in [0.2, 0.25) is 0 Å². The van der Waals surface area contributed by atoms with Gasteiger partial charge in [0.25, 0.3) is 0 Å². The van der Waals surface area contributed by atoms with Crippen molar-refractivity contribution in [2.45, 2.75) is 20.3 Å². The molecule has 0 aliphatic carbocycles. The molecule has 0 fully saturated rings. The van der Waals surface area contributed by atoms with Gasteiger partial charge in [0.1, 0.15) is 18.1 Å². The van der Waals surface area contributed by atoms with E-state index in [4.69, 9.17) is 9.47 Å². The van der Waals surface area contributed by atoms with Crippen molar-refractivity contribution in [3.05, 3.63) is 53.6 Å². The highest BCUT2D eigenvalue weighted by Crippen LogP contribution is 2.17. The highest BCUT2D eigenvalue weighted by Gasteiger charge is 2.04. The van der Waals surface area contributed by atoms with E-state index in [1.54, 1.807) is 7.11 Å². The maximum atomic E-state index is 12.0. The normalized spacial score (nSPS) is 10.4. The number of benzene rings is 2. The maximum absolute atomic E-state index is 12.0. The molecular weight excluding hydrogens is 316 g/mol. The Labute approximate surface area is 149 Å². The van der Waals surface area contributed by atoms with Gasteiger partial charge in [0, 0.05) is 25.2 Å². The molecule has 0 heterocycles. The van der Waals surface area contributed by atoms with Crippen LogP contribution < -0.4 is 20.1 Å². The molecule has 0 unspecified atom stereocenters. The smallest absolute Gasteiger partial charge is 0.225 e. The summed E-state index contributed by atoms with van der Waals surface area (Å²) in [4.78, 5) is 12.0. The van der Waals surface area contributed by atoms with E-state index in [9.17, 15) is 4.79 Å². The number of amides is 1. The second-order valence-corrected chi connectivity index (χ2v) is 5.89. The van der Waals surface area contributed by atoms with Crippen LogP contribution in [0.15, 0.2) is 42.5 Å². The Morgan fingerprint density at radius 3 is 2.44 bits per heavy atom. The summed E-state index contributed by atoms with van der Waals surface area (Å²) in [6.45, 7) is 5.85. The van der Waals surface area contributed by atoms with Crippen LogP contribution in [0.3, 0.4) is 0 Å². The Morgan fingerprint density at radius 2 is 1.72 bits per heavy atom. The summed E-state index contributed by atoms with van der Waals surface area (Å²) in [6, 6.07) is 13.5. The predicted molar refractivity (Wildman–Crippen MR) is 101 cm³/mol. The molecule has 5 heteroatoms. The minimum Gasteiger partial charge on any atom is -0.497 e. The highest BCUT2D eigenvalue weighted by atomic mass is 16.5. The van der Waals surface area contributed by atoms with Gasteiger partial charge in [0.2, 0.25) is 5.91 Å². The lowest BCUT2D eigenvalue weighted by molar-refractivity contribution is -0.116. The third kappa shape index (κ3) is 6.47. The summed E-state index contributed by atoms with van der Waals surface area (Å²) in [5.41, 5.74) is 3.09. The monoisotopic (exact) mass is 342 g/mol. The van der Waals surface area contributed by atoms with Gasteiger partial charge in [-0.3, -0.25) is 4.79 Å². The van der Waals surface area contributed by atoms with Crippen molar-refractivity contribution in [2.24, 2.45) is 0 Å². The molecule has 2 aromatic carbocycles. The molecule has 0 radical (unpaired) electrons. The van der Waals surface area contributed by atoms with Crippen molar-refractivity contribution in [1.29, 1.82) is 0 Å². The maximum Gasteiger partial charge on any atom is 0.225 e. The lowest BCUT2D eigenvalue weighted by atomic mass is 10.1. The zero-order valence-corrected chi connectivity index (χ0v) is 15.1. The second kappa shape index (κ2) is 9.69. The van der Waals surface area contributed by atoms with E-state index in [1.165, 1.54) is 0 Å². The summed E-state index contributed by atoms with van der Waals surface area (Å²) in [5.74, 6) is 1.62. The fourth-order valence-electron chi connectivity index (χ4n) is 2.32. The van der Waals surface area contributed by atoms with E-state index in [2.05, 4.69) is 10.6 Å². The molecule has 2 aromatic rings. The summed E-state index contributed by atoms with van der Waals surface area (Å²) in [6.07, 6.45) is 0.427. The molecular formula is C20H26N2O3. The number of aryl methyl sites for hydroxylation is 2. The van der Waals surface area contributed by atoms with Gasteiger partial charge in [0.15, 0.2) is 0 Å². The Morgan fingerprint density at radius 1 is 1.00 bits per heavy atom. The van der Waals surface area contributed by atoms with Crippen LogP contribution in [0.25, 0.3) is 0 Å². The first-order chi connectivity index (χ1) is 12.1. The third-order valence-electron chi connectivity index (χ3n) is 3.80. The van der Waals surface area contributed by atoms with Gasteiger partial charge < -0.3 is 20.1 Å². The minimum absolute atomic E-state index is 0.0114. The number of carbonyl (C=O) groups is 1. The van der Waals surface area contributed by atoms with Crippen LogP contribution in [0, 0.1) is 13.8 Å². The van der Waals surface area contributed by atoms with Crippen molar-refractivity contribution >= 4 is 11.6 Å². The van der Waals surface area contributed by atoms with Crippen LogP contribution in [-0.2, 0) is 4.79 Å². The minimum atomic E-state index is 0.0114. The largest absolute Gasteiger partial charge is 0.497 e. The molecule has 0 aliphatic rings. The number of anilines is 1. The fourth-order valence-corrected chi connectivity index (χ4v) is 2.32. The van der Waals surface area contributed by atoms with E-state index in [1.807, 2.05) is 56.3 Å². The van der Waals surface area contributed by atoms with Crippen molar-refractivity contribution < 1.29 is 14.3 Å². The average molecular weight is 342 g/mol. The summed E-state index contributed by atoms with van der Waals surface area (Å²) in [5, 5.41) is 6.17. The molecule has 0 bridgehead atoms. The number of hydrogen-bond donors (Lipinski definition) is 2. The summed E-state index contributed by atoms with van der Waals surface area (Å²) >= 11 is 0. The van der Waals surface area contributed by atoms with Crippen molar-refractivity contribution in [3.63, 3.8) is 0 Å². The zero-order valence-electron chi connectivity index (χ0n) is 15.1. The van der Waals surface area contributed by atoms with Gasteiger partial charge in [-0.2, -0.15) is 0 Å². The van der Waals surface area contributed by atoms with Crippen LogP contribution >= 0.6 is 0 Å². The molecule has 0 aromatic heterocycles. The van der Waals surface area contributed by atoms with Gasteiger partial charge in [-0.25, -0.2) is 0 Å². The average Bonchev–Trinajstić information content (AvgIpc) is 2.61. The molecule has 2 rings (SSSR count). The van der Waals surface area contributed by atoms with Gasteiger partial charge in [-0.1, -0.05) is 12.1 Å². The van der Waals surface area contributed by atoms with Crippen molar-refractivity contribution in [2.75, 3.05) is 32.1 Å². The summed E-state index contributed by atoms with van der Waals surface area (Å²) < 4.78 is 10.7. The molecule has 134 valence electrons. The number of ether oxygens (including phenoxy) is 2. The molecule has 2 N–H and O–H groups in total. The Bertz CT molecular complexity index is 684. The van der Waals surface area contributed by atoms with E-state index in [0.29, 0.717) is 26.1 Å². The van der Waals surface area contributed by atoms with Gasteiger partial charge in [-0.15, -0.1) is 0 Å². The van der Waals surface area contributed by atoms with E-state index >= 15 is 0 Å². The van der Waals surface area contributed by atoms with E-state index in [-0.39, 0.29) is 5.91 Å². The molecule has 0 saturated carbocycles. The molecule has 1 amide bonds. The number of carbonyl (C=O) groups excluding carboxylic acids is 1. The van der Waals surface area contributed by atoms with Crippen LogP contribution in [0.4, 0.5) is 5.69 Å². The quantitative estimate of drug-likeness (QED) is 0.687. The van der Waals surface area contributed by atoms with E-state index in [0.717, 1.165) is 28.3 Å². The molecule has 0 saturated heterocycles. The highest BCUT2D eigenvalue weighted by molar-refractivity contribution is 5.91. The molecule has 0 spiro atoms. The Balaban J connectivity index is 1.60. The molecule has 0 aliphatic heterocycles. The lowest BCUT2D eigenvalue weighted by Gasteiger charge is -2.10. The molecule has 5 nitrogen and oxygen atoms in total. The number of rotatable bonds is 9. The third-order valence-corrected chi connectivity index (χ3v) is 3.80. The standard InChI is InChI=1S/C20H26N2O3/c1-15-4-5-16(2)19(14-15)22-20(23)10-11-21-12-13-25-18-8-6-17(24-3)7-9-18/h4-9,14,21H,10-13H2,1-3H3,(H,22,23). The van der Waals surface area contributed by atoms with Crippen molar-refractivity contribution in [1.82, 2.24) is 5.32 Å². The van der Waals surface area contributed by atoms with Crippen LogP contribution in [0.5, 0.6) is 11.5 Å². The summed E-state index contributed by atoms with van der Waals surface area (Å²) in [7, 11) is 1.64. The molecule has 25 heavy (non-hydrogen) atoms. The van der Waals surface area contributed by atoms with Crippen LogP contribution in [-0.4, -0.2) is 32.7 Å². The van der Waals surface area contributed by atoms with Gasteiger partial charge in [-0.05, 0) is 55.3 Å². The van der Waals surface area contributed by atoms with Crippen molar-refractivity contribution in [3.8, 4) is 11.5 Å².